The predicted octanol–water partition coefficient (Wildman–Crippen LogP) is 11.5. The standard InChI is InChI=1S/C41H28N2/c1-2-16-32(17-3-1)43-38-22-7-6-21-37(38)42(39-27-31-15-8-13-30-14-10-20-36(40(30)31)41(39)43)33-25-23-29(24-26-33)35-19-9-12-28-11-4-5-18-34(28)35/h1-19,21-27H,20H2. The van der Waals surface area contributed by atoms with Crippen molar-refractivity contribution in [3.8, 4) is 11.1 Å². The van der Waals surface area contributed by atoms with Crippen molar-refractivity contribution in [2.75, 3.05) is 9.80 Å². The molecule has 0 N–H and O–H groups in total. The number of hydrogen-bond acceptors (Lipinski definition) is 2. The fourth-order valence-corrected chi connectivity index (χ4v) is 7.09. The number of allylic oxidation sites excluding steroid dienone is 1. The van der Waals surface area contributed by atoms with Gasteiger partial charge in [0, 0.05) is 11.4 Å². The van der Waals surface area contributed by atoms with E-state index in [0.29, 0.717) is 0 Å². The Kier molecular flexibility index (Phi) is 5.30. The zero-order valence-corrected chi connectivity index (χ0v) is 23.6. The van der Waals surface area contributed by atoms with Crippen molar-refractivity contribution in [1.82, 2.24) is 0 Å². The third-order valence-corrected chi connectivity index (χ3v) is 8.94. The molecule has 0 amide bonds. The molecule has 202 valence electrons. The van der Waals surface area contributed by atoms with Crippen LogP contribution in [0.25, 0.3) is 38.7 Å². The van der Waals surface area contributed by atoms with Crippen LogP contribution in [-0.2, 0) is 6.42 Å². The summed E-state index contributed by atoms with van der Waals surface area (Å²) in [5.41, 5.74) is 12.3. The molecule has 0 spiro atoms. The molecule has 7 aromatic rings. The quantitative estimate of drug-likeness (QED) is 0.217. The largest absolute Gasteiger partial charge is 0.306 e. The number of hydrogen-bond donors (Lipinski definition) is 0. The van der Waals surface area contributed by atoms with Crippen LogP contribution in [0.4, 0.5) is 34.1 Å². The lowest BCUT2D eigenvalue weighted by atomic mass is 9.88. The molecule has 0 atom stereocenters. The molecule has 2 nitrogen and oxygen atoms in total. The molecule has 7 aromatic carbocycles. The Labute approximate surface area is 251 Å². The highest BCUT2D eigenvalue weighted by Gasteiger charge is 2.33. The Balaban J connectivity index is 1.29. The fraction of sp³-hybridized carbons (Fsp3) is 0.0244. The lowest BCUT2D eigenvalue weighted by Crippen LogP contribution is -2.25. The predicted molar refractivity (Wildman–Crippen MR) is 183 cm³/mol. The van der Waals surface area contributed by atoms with Crippen molar-refractivity contribution < 1.29 is 0 Å². The van der Waals surface area contributed by atoms with Crippen molar-refractivity contribution in [1.29, 1.82) is 0 Å². The monoisotopic (exact) mass is 548 g/mol. The number of para-hydroxylation sites is 3. The molecule has 43 heavy (non-hydrogen) atoms. The maximum atomic E-state index is 2.47. The van der Waals surface area contributed by atoms with E-state index in [2.05, 4.69) is 168 Å². The number of fused-ring (bicyclic) bond motifs is 4. The van der Waals surface area contributed by atoms with Crippen LogP contribution in [0.2, 0.25) is 0 Å². The molecule has 0 saturated heterocycles. The average molecular weight is 549 g/mol. The van der Waals surface area contributed by atoms with Crippen LogP contribution >= 0.6 is 0 Å². The second-order valence-corrected chi connectivity index (χ2v) is 11.3. The van der Waals surface area contributed by atoms with E-state index in [1.165, 1.54) is 72.2 Å². The third kappa shape index (κ3) is 3.67. The highest BCUT2D eigenvalue weighted by Crippen LogP contribution is 2.57. The highest BCUT2D eigenvalue weighted by molar-refractivity contribution is 6.10. The Morgan fingerprint density at radius 1 is 0.488 bits per heavy atom. The Hall–Kier alpha value is -5.60. The Morgan fingerprint density at radius 2 is 1.16 bits per heavy atom. The summed E-state index contributed by atoms with van der Waals surface area (Å²) in [6.45, 7) is 0. The van der Waals surface area contributed by atoms with E-state index in [1.54, 1.807) is 0 Å². The van der Waals surface area contributed by atoms with E-state index in [-0.39, 0.29) is 0 Å². The molecular weight excluding hydrogens is 520 g/mol. The van der Waals surface area contributed by atoms with E-state index in [1.807, 2.05) is 0 Å². The van der Waals surface area contributed by atoms with Crippen molar-refractivity contribution in [2.45, 2.75) is 6.42 Å². The van der Waals surface area contributed by atoms with Crippen molar-refractivity contribution in [3.05, 3.63) is 163 Å². The van der Waals surface area contributed by atoms with Crippen LogP contribution in [0, 0.1) is 0 Å². The molecule has 1 heterocycles. The van der Waals surface area contributed by atoms with Gasteiger partial charge in [-0.2, -0.15) is 0 Å². The van der Waals surface area contributed by atoms with Gasteiger partial charge in [-0.15, -0.1) is 0 Å². The first-order valence-corrected chi connectivity index (χ1v) is 14.9. The summed E-state index contributed by atoms with van der Waals surface area (Å²) in [6, 6.07) is 53.0. The first-order valence-electron chi connectivity index (χ1n) is 14.9. The molecule has 1 aliphatic heterocycles. The van der Waals surface area contributed by atoms with Crippen molar-refractivity contribution in [2.24, 2.45) is 0 Å². The smallest absolute Gasteiger partial charge is 0.0745 e. The molecule has 1 aliphatic carbocycles. The van der Waals surface area contributed by atoms with Crippen LogP contribution in [0.5, 0.6) is 0 Å². The lowest BCUT2D eigenvalue weighted by molar-refractivity contribution is 1.14. The molecule has 0 saturated carbocycles. The molecule has 0 aromatic heterocycles. The van der Waals surface area contributed by atoms with Gasteiger partial charge in [-0.05, 0) is 92.7 Å². The van der Waals surface area contributed by atoms with Gasteiger partial charge in [-0.25, -0.2) is 0 Å². The topological polar surface area (TPSA) is 6.48 Å². The second-order valence-electron chi connectivity index (χ2n) is 11.3. The summed E-state index contributed by atoms with van der Waals surface area (Å²) >= 11 is 0. The van der Waals surface area contributed by atoms with Crippen LogP contribution in [0.3, 0.4) is 0 Å². The number of benzene rings is 7. The van der Waals surface area contributed by atoms with Gasteiger partial charge < -0.3 is 9.80 Å². The van der Waals surface area contributed by atoms with Gasteiger partial charge in [0.05, 0.1) is 22.7 Å². The van der Waals surface area contributed by atoms with E-state index in [4.69, 9.17) is 0 Å². The van der Waals surface area contributed by atoms with Crippen molar-refractivity contribution >= 4 is 61.7 Å². The van der Waals surface area contributed by atoms with E-state index >= 15 is 0 Å². The first-order chi connectivity index (χ1) is 21.3. The molecule has 0 bridgehead atoms. The molecular formula is C41H28N2. The zero-order chi connectivity index (χ0) is 28.3. The summed E-state index contributed by atoms with van der Waals surface area (Å²) in [5.74, 6) is 0. The maximum absolute atomic E-state index is 2.47. The molecule has 9 rings (SSSR count). The van der Waals surface area contributed by atoms with Gasteiger partial charge in [-0.3, -0.25) is 0 Å². The Morgan fingerprint density at radius 3 is 2.02 bits per heavy atom. The van der Waals surface area contributed by atoms with E-state index < -0.39 is 0 Å². The highest BCUT2D eigenvalue weighted by atomic mass is 15.3. The van der Waals surface area contributed by atoms with Crippen LogP contribution in [0.15, 0.2) is 152 Å². The van der Waals surface area contributed by atoms with Gasteiger partial charge in [0.15, 0.2) is 0 Å². The third-order valence-electron chi connectivity index (χ3n) is 8.94. The first kappa shape index (κ1) is 24.0. The average Bonchev–Trinajstić information content (AvgIpc) is 3.08. The van der Waals surface area contributed by atoms with Gasteiger partial charge in [0.2, 0.25) is 0 Å². The summed E-state index contributed by atoms with van der Waals surface area (Å²) < 4.78 is 0. The number of nitrogens with zero attached hydrogens (tertiary/aromatic N) is 2. The SMILES string of the molecule is C1=Cc2cccc3cc4c(c(c23)C1)N(c1ccccc1)c1ccccc1N4c1ccc(-c2cccc3ccccc23)cc1. The van der Waals surface area contributed by atoms with Gasteiger partial charge >= 0.3 is 0 Å². The zero-order valence-electron chi connectivity index (χ0n) is 23.6. The summed E-state index contributed by atoms with van der Waals surface area (Å²) in [7, 11) is 0. The molecule has 0 fully saturated rings. The normalized spacial score (nSPS) is 13.3. The molecule has 0 radical (unpaired) electrons. The van der Waals surface area contributed by atoms with Crippen LogP contribution in [0.1, 0.15) is 11.1 Å². The molecule has 0 unspecified atom stereocenters. The van der Waals surface area contributed by atoms with Crippen molar-refractivity contribution in [3.63, 3.8) is 0 Å². The van der Waals surface area contributed by atoms with Crippen LogP contribution in [-0.4, -0.2) is 0 Å². The van der Waals surface area contributed by atoms with Gasteiger partial charge in [-0.1, -0.05) is 115 Å². The Bertz CT molecular complexity index is 2210. The minimum Gasteiger partial charge on any atom is -0.306 e. The van der Waals surface area contributed by atoms with Gasteiger partial charge in [0.1, 0.15) is 0 Å². The lowest BCUT2D eigenvalue weighted by Gasteiger charge is -2.42. The fourth-order valence-electron chi connectivity index (χ4n) is 7.09. The second kappa shape index (κ2) is 9.47. The minimum absolute atomic E-state index is 0.899. The molecule has 2 heteroatoms. The minimum atomic E-state index is 0.899. The van der Waals surface area contributed by atoms with E-state index in [9.17, 15) is 0 Å². The summed E-state index contributed by atoms with van der Waals surface area (Å²) in [6.07, 6.45) is 5.48. The number of rotatable bonds is 3. The summed E-state index contributed by atoms with van der Waals surface area (Å²) in [4.78, 5) is 4.92. The maximum Gasteiger partial charge on any atom is 0.0745 e. The summed E-state index contributed by atoms with van der Waals surface area (Å²) in [5, 5.41) is 5.17. The van der Waals surface area contributed by atoms with Gasteiger partial charge in [0.25, 0.3) is 0 Å². The van der Waals surface area contributed by atoms with E-state index in [0.717, 1.165) is 12.1 Å². The molecule has 2 aliphatic rings. The number of anilines is 6. The van der Waals surface area contributed by atoms with Crippen LogP contribution < -0.4 is 9.80 Å².